The molecule has 10 rings (SSSR count). The maximum Gasteiger partial charge on any atom is 0.410 e. The van der Waals surface area contributed by atoms with Gasteiger partial charge >= 0.3 is 6.09 Å². The molecule has 81 heavy (non-hydrogen) atoms. The van der Waals surface area contributed by atoms with Crippen molar-refractivity contribution >= 4 is 52.4 Å². The van der Waals surface area contributed by atoms with Gasteiger partial charge in [-0.3, -0.25) is 24.1 Å². The van der Waals surface area contributed by atoms with Gasteiger partial charge in [-0.15, -0.1) is 22.7 Å². The standard InChI is InChI=1S/C63H76N10O6S2/c1-63(2,3)79-62(78)71-40-38-70(39-41-71)33-13-21-55(75)68-57(49-16-8-5-9-17-49)61(77)73-35-11-19-51(73)59-66-43-53(81-59)47-28-24-45(25-29-47)44-22-26-46(27-23-44)52-42-65-58(80-52)50-18-10-34-72(50)60(76)56(48-14-6-4-7-15-48)67-54(74)20-12-32-69-36-30-64-31-37-69/h4-9,14-17,22-29,42-43,50-51,56-57,64H,10-13,18-21,30-41H2,1-3H3,(H,67,74)(H,68,75)/t50-,51-,56+,57+/m0/s1. The molecule has 4 fully saturated rings. The van der Waals surface area contributed by atoms with Crippen molar-refractivity contribution < 1.29 is 28.7 Å². The third kappa shape index (κ3) is 14.8. The van der Waals surface area contributed by atoms with Gasteiger partial charge in [0.05, 0.1) is 21.8 Å². The zero-order valence-corrected chi connectivity index (χ0v) is 48.5. The molecule has 4 aliphatic heterocycles. The number of amides is 5. The second-order valence-electron chi connectivity index (χ2n) is 22.6. The molecule has 16 nitrogen and oxygen atoms in total. The lowest BCUT2D eigenvalue weighted by Crippen LogP contribution is -2.50. The van der Waals surface area contributed by atoms with Crippen LogP contribution in [0.5, 0.6) is 0 Å². The molecule has 2 aromatic heterocycles. The normalized spacial score (nSPS) is 18.8. The topological polar surface area (TPSA) is 173 Å². The van der Waals surface area contributed by atoms with E-state index in [2.05, 4.69) is 74.3 Å². The van der Waals surface area contributed by atoms with Crippen molar-refractivity contribution in [2.45, 2.75) is 102 Å². The summed E-state index contributed by atoms with van der Waals surface area (Å²) in [5.41, 5.74) is 5.26. The predicted octanol–water partition coefficient (Wildman–Crippen LogP) is 9.66. The number of nitrogens with zero attached hydrogens (tertiary/aromatic N) is 7. The second-order valence-corrected chi connectivity index (χ2v) is 24.7. The molecule has 4 saturated heterocycles. The molecule has 18 heteroatoms. The van der Waals surface area contributed by atoms with E-state index in [1.54, 1.807) is 27.6 Å². The molecule has 3 N–H and O–H groups in total. The molecular formula is C63H76N10O6S2. The van der Waals surface area contributed by atoms with Gasteiger partial charge in [-0.1, -0.05) is 109 Å². The Kier molecular flexibility index (Phi) is 19.0. The van der Waals surface area contributed by atoms with Crippen LogP contribution < -0.4 is 16.0 Å². The highest BCUT2D eigenvalue weighted by Crippen LogP contribution is 2.41. The van der Waals surface area contributed by atoms with Crippen molar-refractivity contribution in [3.63, 3.8) is 0 Å². The molecule has 0 radical (unpaired) electrons. The van der Waals surface area contributed by atoms with Crippen molar-refractivity contribution in [2.75, 3.05) is 78.5 Å². The Hall–Kier alpha value is -6.83. The number of likely N-dealkylation sites (tertiary alicyclic amines) is 2. The Morgan fingerprint density at radius 1 is 0.568 bits per heavy atom. The fraction of sp³-hybridized carbons (Fsp3) is 0.444. The summed E-state index contributed by atoms with van der Waals surface area (Å²) in [5.74, 6) is -0.506. The van der Waals surface area contributed by atoms with Gasteiger partial charge in [0.1, 0.15) is 27.7 Å². The molecule has 0 unspecified atom stereocenters. The summed E-state index contributed by atoms with van der Waals surface area (Å²) in [5, 5.41) is 11.4. The molecule has 4 aromatic carbocycles. The fourth-order valence-corrected chi connectivity index (χ4v) is 13.5. The smallest absolute Gasteiger partial charge is 0.410 e. The number of ether oxygens (including phenoxy) is 1. The van der Waals surface area contributed by atoms with Crippen LogP contribution in [-0.4, -0.2) is 148 Å². The first-order valence-corrected chi connectivity index (χ1v) is 30.5. The number of nitrogens with one attached hydrogen (secondary N) is 3. The molecule has 426 valence electrons. The Bertz CT molecular complexity index is 3060. The van der Waals surface area contributed by atoms with E-state index >= 15 is 0 Å². The van der Waals surface area contributed by atoms with E-state index in [9.17, 15) is 24.0 Å². The van der Waals surface area contributed by atoms with Gasteiger partial charge in [0.25, 0.3) is 0 Å². The molecule has 6 aromatic rings. The number of thiazole rings is 2. The van der Waals surface area contributed by atoms with Crippen molar-refractivity contribution in [1.82, 2.24) is 50.4 Å². The number of piperazine rings is 2. The lowest BCUT2D eigenvalue weighted by atomic mass is 10.0. The van der Waals surface area contributed by atoms with Crippen LogP contribution in [0.15, 0.2) is 122 Å². The van der Waals surface area contributed by atoms with Crippen LogP contribution >= 0.6 is 22.7 Å². The highest BCUT2D eigenvalue weighted by molar-refractivity contribution is 7.15. The summed E-state index contributed by atoms with van der Waals surface area (Å²) < 4.78 is 5.54. The molecule has 0 aliphatic carbocycles. The fourth-order valence-electron chi connectivity index (χ4n) is 11.4. The molecular weight excluding hydrogens is 1060 g/mol. The van der Waals surface area contributed by atoms with Crippen LogP contribution in [0.4, 0.5) is 4.79 Å². The van der Waals surface area contributed by atoms with E-state index in [4.69, 9.17) is 14.7 Å². The third-order valence-corrected chi connectivity index (χ3v) is 18.0. The van der Waals surface area contributed by atoms with Crippen LogP contribution in [0, 0.1) is 0 Å². The second kappa shape index (κ2) is 26.8. The highest BCUT2D eigenvalue weighted by Gasteiger charge is 2.39. The lowest BCUT2D eigenvalue weighted by molar-refractivity contribution is -0.137. The van der Waals surface area contributed by atoms with E-state index in [-0.39, 0.29) is 48.2 Å². The Morgan fingerprint density at radius 2 is 0.988 bits per heavy atom. The van der Waals surface area contributed by atoms with Crippen molar-refractivity contribution in [3.05, 3.63) is 143 Å². The monoisotopic (exact) mass is 1130 g/mol. The zero-order chi connectivity index (χ0) is 56.3. The quantitative estimate of drug-likeness (QED) is 0.0705. The lowest BCUT2D eigenvalue weighted by Gasteiger charge is -2.35. The van der Waals surface area contributed by atoms with Gasteiger partial charge < -0.3 is 40.3 Å². The van der Waals surface area contributed by atoms with E-state index in [0.29, 0.717) is 52.1 Å². The average Bonchev–Trinajstić information content (AvgIpc) is 4.47. The van der Waals surface area contributed by atoms with Gasteiger partial charge in [-0.2, -0.15) is 0 Å². The van der Waals surface area contributed by atoms with Crippen LogP contribution in [0.2, 0.25) is 0 Å². The number of benzene rings is 4. The number of carbonyl (C=O) groups is 5. The van der Waals surface area contributed by atoms with Crippen LogP contribution in [-0.2, 0) is 23.9 Å². The van der Waals surface area contributed by atoms with Crippen LogP contribution in [0.1, 0.15) is 117 Å². The number of carbonyl (C=O) groups excluding carboxylic acids is 5. The Morgan fingerprint density at radius 3 is 1.42 bits per heavy atom. The van der Waals surface area contributed by atoms with Gasteiger partial charge in [0.2, 0.25) is 23.6 Å². The number of rotatable bonds is 19. The number of hydrogen-bond acceptors (Lipinski definition) is 13. The summed E-state index contributed by atoms with van der Waals surface area (Å²) in [6, 6.07) is 34.1. The van der Waals surface area contributed by atoms with E-state index in [1.165, 1.54) is 0 Å². The summed E-state index contributed by atoms with van der Waals surface area (Å²) in [7, 11) is 0. The summed E-state index contributed by atoms with van der Waals surface area (Å²) in [4.78, 5) is 90.4. The summed E-state index contributed by atoms with van der Waals surface area (Å²) in [6.07, 6.45) is 8.87. The molecule has 0 spiro atoms. The van der Waals surface area contributed by atoms with Gasteiger partial charge in [0, 0.05) is 90.7 Å². The van der Waals surface area contributed by atoms with Gasteiger partial charge in [-0.25, -0.2) is 14.8 Å². The first-order chi connectivity index (χ1) is 39.3. The third-order valence-electron chi connectivity index (χ3n) is 15.7. The van der Waals surface area contributed by atoms with E-state index in [1.807, 2.05) is 104 Å². The van der Waals surface area contributed by atoms with Gasteiger partial charge in [0.15, 0.2) is 0 Å². The maximum absolute atomic E-state index is 14.6. The predicted molar refractivity (Wildman–Crippen MR) is 318 cm³/mol. The summed E-state index contributed by atoms with van der Waals surface area (Å²) in [6.45, 7) is 14.9. The Balaban J connectivity index is 0.731. The zero-order valence-electron chi connectivity index (χ0n) is 46.9. The van der Waals surface area contributed by atoms with Crippen molar-refractivity contribution in [2.24, 2.45) is 0 Å². The minimum atomic E-state index is -0.818. The SMILES string of the molecule is CC(C)(C)OC(=O)N1CCN(CCCC(=O)N[C@@H](C(=O)N2CCC[C@H]2c2ncc(-c3ccc(-c4ccc(-c5cnc([C@@H]6CCCN6C(=O)[C@H](NC(=O)CCCN6CCNCC6)c6ccccc6)s5)cc4)cc3)s2)c2ccccc2)CC1. The molecule has 6 heterocycles. The molecule has 4 aliphatic rings. The van der Waals surface area contributed by atoms with Crippen LogP contribution in [0.3, 0.4) is 0 Å². The average molecular weight is 1130 g/mol. The summed E-state index contributed by atoms with van der Waals surface area (Å²) >= 11 is 3.22. The molecule has 0 bridgehead atoms. The minimum absolute atomic E-state index is 0.0973. The molecule has 4 atom stereocenters. The van der Waals surface area contributed by atoms with Crippen LogP contribution in [0.25, 0.3) is 32.0 Å². The van der Waals surface area contributed by atoms with E-state index < -0.39 is 17.7 Å². The molecule has 5 amide bonds. The van der Waals surface area contributed by atoms with Crippen molar-refractivity contribution in [3.8, 4) is 32.0 Å². The van der Waals surface area contributed by atoms with E-state index in [0.717, 1.165) is 125 Å². The maximum atomic E-state index is 14.6. The van der Waals surface area contributed by atoms with Crippen molar-refractivity contribution in [1.29, 1.82) is 0 Å². The number of hydrogen-bond donors (Lipinski definition) is 3. The first-order valence-electron chi connectivity index (χ1n) is 28.9. The highest BCUT2D eigenvalue weighted by atomic mass is 32.1. The first kappa shape index (κ1) is 57.4. The Labute approximate surface area is 484 Å². The minimum Gasteiger partial charge on any atom is -0.444 e. The number of aromatic nitrogens is 2. The van der Waals surface area contributed by atoms with Gasteiger partial charge in [-0.05, 0) is 106 Å². The largest absolute Gasteiger partial charge is 0.444 e. The molecule has 0 saturated carbocycles.